The molecule has 0 saturated heterocycles. The molecule has 0 aromatic heterocycles. The highest BCUT2D eigenvalue weighted by molar-refractivity contribution is 5.73. The molecular weight excluding hydrogens is 308 g/mol. The van der Waals surface area contributed by atoms with Gasteiger partial charge >= 0.3 is 6.18 Å². The lowest BCUT2D eigenvalue weighted by Crippen LogP contribution is -2.22. The topological polar surface area (TPSA) is 24.1 Å². The number of aryl methyl sites for hydroxylation is 2. The monoisotopic (exact) mass is 324 g/mol. The summed E-state index contributed by atoms with van der Waals surface area (Å²) < 4.78 is 52.8. The summed E-state index contributed by atoms with van der Waals surface area (Å²) in [6.45, 7) is 1.27. The standard InChI is InChI=1S/C17H16F4N2/c18-13-5-2-11(3-6-13)1-4-12-9-15-16(23-8-7-22-15)10-14(12)17(19,20)21/h2-3,5-6,9-10,22-23H,1,4,7-8H2. The van der Waals surface area contributed by atoms with Gasteiger partial charge in [0.1, 0.15) is 5.82 Å². The normalized spacial score (nSPS) is 13.9. The zero-order chi connectivity index (χ0) is 16.4. The van der Waals surface area contributed by atoms with E-state index in [2.05, 4.69) is 10.6 Å². The third kappa shape index (κ3) is 3.57. The third-order valence-corrected chi connectivity index (χ3v) is 3.90. The van der Waals surface area contributed by atoms with E-state index >= 15 is 0 Å². The Kier molecular flexibility index (Phi) is 4.15. The van der Waals surface area contributed by atoms with E-state index in [1.54, 1.807) is 18.2 Å². The first kappa shape index (κ1) is 15.6. The summed E-state index contributed by atoms with van der Waals surface area (Å²) in [5.41, 5.74) is 1.61. The molecule has 0 aliphatic carbocycles. The number of anilines is 2. The average molecular weight is 324 g/mol. The summed E-state index contributed by atoms with van der Waals surface area (Å²) in [5, 5.41) is 6.09. The first-order valence-corrected chi connectivity index (χ1v) is 7.40. The highest BCUT2D eigenvalue weighted by Crippen LogP contribution is 2.38. The van der Waals surface area contributed by atoms with Crippen molar-refractivity contribution in [3.8, 4) is 0 Å². The predicted octanol–water partition coefficient (Wildman–Crippen LogP) is 4.47. The quantitative estimate of drug-likeness (QED) is 0.814. The van der Waals surface area contributed by atoms with E-state index in [-0.39, 0.29) is 17.8 Å². The SMILES string of the molecule is Fc1ccc(CCc2cc3c(cc2C(F)(F)F)NCCN3)cc1. The van der Waals surface area contributed by atoms with Crippen molar-refractivity contribution in [2.24, 2.45) is 0 Å². The fourth-order valence-electron chi connectivity index (χ4n) is 2.73. The molecule has 6 heteroatoms. The minimum Gasteiger partial charge on any atom is -0.382 e. The molecule has 0 radical (unpaired) electrons. The molecule has 122 valence electrons. The lowest BCUT2D eigenvalue weighted by Gasteiger charge is -2.23. The lowest BCUT2D eigenvalue weighted by molar-refractivity contribution is -0.138. The van der Waals surface area contributed by atoms with Crippen molar-refractivity contribution in [2.45, 2.75) is 19.0 Å². The molecular formula is C17H16F4N2. The zero-order valence-electron chi connectivity index (χ0n) is 12.3. The number of rotatable bonds is 3. The number of fused-ring (bicyclic) bond motifs is 1. The van der Waals surface area contributed by atoms with Gasteiger partial charge < -0.3 is 10.6 Å². The molecule has 0 amide bonds. The molecule has 23 heavy (non-hydrogen) atoms. The Bertz CT molecular complexity index is 693. The van der Waals surface area contributed by atoms with Gasteiger partial charge in [-0.2, -0.15) is 13.2 Å². The van der Waals surface area contributed by atoms with Gasteiger partial charge in [-0.05, 0) is 48.2 Å². The average Bonchev–Trinajstić information content (AvgIpc) is 2.52. The van der Waals surface area contributed by atoms with Gasteiger partial charge in [0.2, 0.25) is 0 Å². The molecule has 1 aliphatic heterocycles. The second-order valence-electron chi connectivity index (χ2n) is 5.53. The van der Waals surface area contributed by atoms with Crippen LogP contribution in [0.4, 0.5) is 28.9 Å². The maximum Gasteiger partial charge on any atom is 0.416 e. The molecule has 2 N–H and O–H groups in total. The van der Waals surface area contributed by atoms with Crippen LogP contribution in [-0.4, -0.2) is 13.1 Å². The van der Waals surface area contributed by atoms with Crippen LogP contribution in [-0.2, 0) is 19.0 Å². The highest BCUT2D eigenvalue weighted by Gasteiger charge is 2.34. The van der Waals surface area contributed by atoms with Crippen molar-refractivity contribution >= 4 is 11.4 Å². The summed E-state index contributed by atoms with van der Waals surface area (Å²) in [5.74, 6) is -0.353. The molecule has 2 nitrogen and oxygen atoms in total. The molecule has 1 aliphatic rings. The number of halogens is 4. The third-order valence-electron chi connectivity index (χ3n) is 3.90. The number of benzene rings is 2. The summed E-state index contributed by atoms with van der Waals surface area (Å²) in [4.78, 5) is 0. The highest BCUT2D eigenvalue weighted by atomic mass is 19.4. The van der Waals surface area contributed by atoms with Gasteiger partial charge in [0.25, 0.3) is 0 Å². The second-order valence-corrected chi connectivity index (χ2v) is 5.53. The van der Waals surface area contributed by atoms with Crippen molar-refractivity contribution in [1.82, 2.24) is 0 Å². The fourth-order valence-corrected chi connectivity index (χ4v) is 2.73. The fraction of sp³-hybridized carbons (Fsp3) is 0.294. The second kappa shape index (κ2) is 6.10. The summed E-state index contributed by atoms with van der Waals surface area (Å²) in [6, 6.07) is 8.56. The van der Waals surface area contributed by atoms with E-state index in [4.69, 9.17) is 0 Å². The molecule has 1 heterocycles. The first-order chi connectivity index (χ1) is 10.9. The van der Waals surface area contributed by atoms with Crippen LogP contribution < -0.4 is 10.6 Å². The molecule has 3 rings (SSSR count). The Morgan fingerprint density at radius 2 is 1.48 bits per heavy atom. The molecule has 2 aromatic carbocycles. The largest absolute Gasteiger partial charge is 0.416 e. The number of hydrogen-bond donors (Lipinski definition) is 2. The molecule has 2 aromatic rings. The van der Waals surface area contributed by atoms with Crippen LogP contribution in [0.3, 0.4) is 0 Å². The zero-order valence-corrected chi connectivity index (χ0v) is 12.3. The number of alkyl halides is 3. The number of nitrogens with one attached hydrogen (secondary N) is 2. The van der Waals surface area contributed by atoms with E-state index in [1.807, 2.05) is 0 Å². The van der Waals surface area contributed by atoms with Gasteiger partial charge in [-0.1, -0.05) is 12.1 Å². The predicted molar refractivity (Wildman–Crippen MR) is 82.2 cm³/mol. The van der Waals surface area contributed by atoms with Crippen molar-refractivity contribution in [1.29, 1.82) is 0 Å². The van der Waals surface area contributed by atoms with Crippen LogP contribution in [0, 0.1) is 5.82 Å². The molecule has 0 saturated carbocycles. The molecule has 0 unspecified atom stereocenters. The molecule has 0 spiro atoms. The van der Waals surface area contributed by atoms with Gasteiger partial charge in [0, 0.05) is 13.1 Å². The Morgan fingerprint density at radius 1 is 0.870 bits per heavy atom. The van der Waals surface area contributed by atoms with E-state index in [0.717, 1.165) is 5.56 Å². The van der Waals surface area contributed by atoms with Crippen LogP contribution in [0.2, 0.25) is 0 Å². The molecule has 0 fully saturated rings. The van der Waals surface area contributed by atoms with Crippen molar-refractivity contribution in [3.05, 3.63) is 58.9 Å². The van der Waals surface area contributed by atoms with Crippen molar-refractivity contribution in [3.63, 3.8) is 0 Å². The molecule has 0 bridgehead atoms. The first-order valence-electron chi connectivity index (χ1n) is 7.40. The van der Waals surface area contributed by atoms with Crippen LogP contribution in [0.5, 0.6) is 0 Å². The summed E-state index contributed by atoms with van der Waals surface area (Å²) in [6.07, 6.45) is -3.72. The van der Waals surface area contributed by atoms with Crippen LogP contribution in [0.15, 0.2) is 36.4 Å². The molecule has 0 atom stereocenters. The van der Waals surface area contributed by atoms with Gasteiger partial charge in [0.15, 0.2) is 0 Å². The minimum absolute atomic E-state index is 0.245. The van der Waals surface area contributed by atoms with Crippen LogP contribution in [0.1, 0.15) is 16.7 Å². The van der Waals surface area contributed by atoms with Crippen LogP contribution >= 0.6 is 0 Å². The number of hydrogen-bond acceptors (Lipinski definition) is 2. The van der Waals surface area contributed by atoms with E-state index in [1.165, 1.54) is 18.2 Å². The van der Waals surface area contributed by atoms with Gasteiger partial charge in [-0.25, -0.2) is 4.39 Å². The maximum atomic E-state index is 13.3. The summed E-state index contributed by atoms with van der Waals surface area (Å²) >= 11 is 0. The Balaban J connectivity index is 1.88. The lowest BCUT2D eigenvalue weighted by atomic mass is 9.97. The van der Waals surface area contributed by atoms with Crippen LogP contribution in [0.25, 0.3) is 0 Å². The van der Waals surface area contributed by atoms with Gasteiger partial charge in [0.05, 0.1) is 16.9 Å². The Hall–Kier alpha value is -2.24. The van der Waals surface area contributed by atoms with Crippen molar-refractivity contribution < 1.29 is 17.6 Å². The van der Waals surface area contributed by atoms with Crippen molar-refractivity contribution in [2.75, 3.05) is 23.7 Å². The maximum absolute atomic E-state index is 13.3. The smallest absolute Gasteiger partial charge is 0.382 e. The van der Waals surface area contributed by atoms with E-state index in [0.29, 0.717) is 30.9 Å². The van der Waals surface area contributed by atoms with Gasteiger partial charge in [-0.15, -0.1) is 0 Å². The Labute approximate surface area is 131 Å². The van der Waals surface area contributed by atoms with E-state index in [9.17, 15) is 17.6 Å². The summed E-state index contributed by atoms with van der Waals surface area (Å²) in [7, 11) is 0. The van der Waals surface area contributed by atoms with Gasteiger partial charge in [-0.3, -0.25) is 0 Å². The Morgan fingerprint density at radius 3 is 2.09 bits per heavy atom. The van der Waals surface area contributed by atoms with E-state index < -0.39 is 11.7 Å². The minimum atomic E-state index is -4.40.